The number of benzene rings is 6. The van der Waals surface area contributed by atoms with Crippen LogP contribution in [0.2, 0.25) is 0 Å². The first kappa shape index (κ1) is 36.7. The summed E-state index contributed by atoms with van der Waals surface area (Å²) in [5.74, 6) is 0. The Bertz CT molecular complexity index is 3400. The average molecular weight is 811 g/mol. The molecule has 0 spiro atoms. The van der Waals surface area contributed by atoms with Crippen molar-refractivity contribution in [1.29, 1.82) is 0 Å². The normalized spacial score (nSPS) is 18.2. The second-order valence-electron chi connectivity index (χ2n) is 18.3. The summed E-state index contributed by atoms with van der Waals surface area (Å²) in [6, 6.07) is 50.7. The first-order valence-corrected chi connectivity index (χ1v) is 23.4. The smallest absolute Gasteiger partial charge is 0.0639 e. The summed E-state index contributed by atoms with van der Waals surface area (Å²) in [7, 11) is 0. The fourth-order valence-electron chi connectivity index (χ4n) is 12.3. The number of nitrogens with zero attached hydrogens (tertiary/aromatic N) is 2. The number of allylic oxidation sites excluding steroid dienone is 14. The van der Waals surface area contributed by atoms with Crippen LogP contribution in [0.3, 0.4) is 0 Å². The zero-order valence-electron chi connectivity index (χ0n) is 35.8. The molecule has 0 bridgehead atoms. The van der Waals surface area contributed by atoms with Gasteiger partial charge in [-0.2, -0.15) is 0 Å². The monoisotopic (exact) mass is 810 g/mol. The van der Waals surface area contributed by atoms with E-state index in [-0.39, 0.29) is 5.41 Å². The van der Waals surface area contributed by atoms with E-state index in [1.165, 1.54) is 125 Å². The minimum absolute atomic E-state index is 0.246. The van der Waals surface area contributed by atoms with E-state index < -0.39 is 0 Å². The van der Waals surface area contributed by atoms with Crippen molar-refractivity contribution < 1.29 is 0 Å². The molecule has 0 saturated heterocycles. The molecule has 5 aliphatic rings. The van der Waals surface area contributed by atoms with Crippen LogP contribution in [0.25, 0.3) is 77.3 Å². The van der Waals surface area contributed by atoms with Gasteiger partial charge < -0.3 is 9.13 Å². The van der Waals surface area contributed by atoms with Gasteiger partial charge in [-0.1, -0.05) is 145 Å². The largest absolute Gasteiger partial charge is 0.313 e. The standard InChI is InChI=1S/C61H50N2/c1-3-15-41(16-4-1)42-27-33-47(34-28-42)62-57-25-13-9-21-51(57)53-39-43(29-37-59(53)62)44-30-38-60-54(40-44)52-22-10-14-26-58(52)63(60)48-35-31-46(32-36-48)61(45-17-5-2-6-18-45)55-23-11-7-19-49(55)50-20-8-12-24-56(50)61/h2,5,7-15,17,19-27,29-31,33,35,37-40H,1,3-4,6,16,18,28,32,34,36H2. The molecule has 0 fully saturated rings. The fourth-order valence-corrected chi connectivity index (χ4v) is 12.3. The lowest BCUT2D eigenvalue weighted by atomic mass is 9.63. The second-order valence-corrected chi connectivity index (χ2v) is 18.3. The molecular formula is C61H50N2. The van der Waals surface area contributed by atoms with Gasteiger partial charge in [0.25, 0.3) is 0 Å². The highest BCUT2D eigenvalue weighted by atomic mass is 15.0. The Morgan fingerprint density at radius 3 is 1.52 bits per heavy atom. The molecule has 0 radical (unpaired) electrons. The molecular weight excluding hydrogens is 761 g/mol. The lowest BCUT2D eigenvalue weighted by molar-refractivity contribution is 0.642. The van der Waals surface area contributed by atoms with E-state index in [0.29, 0.717) is 0 Å². The van der Waals surface area contributed by atoms with Gasteiger partial charge in [0.05, 0.1) is 27.5 Å². The molecule has 0 N–H and O–H groups in total. The molecule has 6 aromatic carbocycles. The number of fused-ring (bicyclic) bond motifs is 9. The van der Waals surface area contributed by atoms with Crippen molar-refractivity contribution >= 4 is 55.0 Å². The van der Waals surface area contributed by atoms with E-state index in [9.17, 15) is 0 Å². The minimum Gasteiger partial charge on any atom is -0.313 e. The molecule has 2 aromatic heterocycles. The number of hydrogen-bond acceptors (Lipinski definition) is 0. The van der Waals surface area contributed by atoms with E-state index in [0.717, 1.165) is 38.5 Å². The van der Waals surface area contributed by atoms with Crippen molar-refractivity contribution in [3.05, 3.63) is 215 Å². The lowest BCUT2D eigenvalue weighted by Crippen LogP contribution is -2.32. The zero-order valence-corrected chi connectivity index (χ0v) is 35.8. The van der Waals surface area contributed by atoms with Gasteiger partial charge in [0, 0.05) is 32.9 Å². The Morgan fingerprint density at radius 1 is 0.397 bits per heavy atom. The van der Waals surface area contributed by atoms with Crippen molar-refractivity contribution in [2.45, 2.75) is 69.6 Å². The van der Waals surface area contributed by atoms with Gasteiger partial charge in [-0.15, -0.1) is 0 Å². The van der Waals surface area contributed by atoms with Crippen molar-refractivity contribution in [2.24, 2.45) is 0 Å². The highest BCUT2D eigenvalue weighted by Gasteiger charge is 2.48. The highest BCUT2D eigenvalue weighted by Crippen LogP contribution is 2.59. The van der Waals surface area contributed by atoms with Crippen LogP contribution in [-0.4, -0.2) is 9.13 Å². The van der Waals surface area contributed by atoms with Gasteiger partial charge >= 0.3 is 0 Å². The molecule has 304 valence electrons. The van der Waals surface area contributed by atoms with Gasteiger partial charge in [0.2, 0.25) is 0 Å². The van der Waals surface area contributed by atoms with E-state index in [1.807, 2.05) is 0 Å². The van der Waals surface area contributed by atoms with Crippen LogP contribution in [0.1, 0.15) is 75.3 Å². The lowest BCUT2D eigenvalue weighted by Gasteiger charge is -2.39. The molecule has 63 heavy (non-hydrogen) atoms. The first-order valence-electron chi connectivity index (χ1n) is 23.4. The molecule has 0 amide bonds. The molecule has 2 heterocycles. The van der Waals surface area contributed by atoms with Gasteiger partial charge in [-0.25, -0.2) is 0 Å². The highest BCUT2D eigenvalue weighted by molar-refractivity contribution is 6.13. The number of aromatic nitrogens is 2. The molecule has 0 atom stereocenters. The maximum Gasteiger partial charge on any atom is 0.0639 e. The topological polar surface area (TPSA) is 9.86 Å². The third kappa shape index (κ3) is 5.56. The Balaban J connectivity index is 0.908. The number of hydrogen-bond donors (Lipinski definition) is 0. The van der Waals surface area contributed by atoms with Crippen LogP contribution in [0.4, 0.5) is 0 Å². The Kier molecular flexibility index (Phi) is 8.51. The molecule has 0 saturated carbocycles. The summed E-state index contributed by atoms with van der Waals surface area (Å²) in [6.45, 7) is 0. The van der Waals surface area contributed by atoms with E-state index in [1.54, 1.807) is 11.1 Å². The van der Waals surface area contributed by atoms with E-state index in [4.69, 9.17) is 0 Å². The van der Waals surface area contributed by atoms with Crippen LogP contribution in [0.5, 0.6) is 0 Å². The zero-order chi connectivity index (χ0) is 41.5. The predicted molar refractivity (Wildman–Crippen MR) is 267 cm³/mol. The van der Waals surface area contributed by atoms with Gasteiger partial charge in [0.15, 0.2) is 0 Å². The van der Waals surface area contributed by atoms with Crippen LogP contribution in [-0.2, 0) is 5.41 Å². The van der Waals surface area contributed by atoms with E-state index in [2.05, 4.69) is 191 Å². The first-order chi connectivity index (χ1) is 31.3. The maximum atomic E-state index is 2.55. The maximum absolute atomic E-state index is 2.55. The summed E-state index contributed by atoms with van der Waals surface area (Å²) >= 11 is 0. The summed E-state index contributed by atoms with van der Waals surface area (Å²) < 4.78 is 5.08. The third-order valence-electron chi connectivity index (χ3n) is 15.1. The molecule has 0 unspecified atom stereocenters. The summed E-state index contributed by atoms with van der Waals surface area (Å²) in [5.41, 5.74) is 21.9. The van der Waals surface area contributed by atoms with Crippen molar-refractivity contribution in [3.8, 4) is 22.3 Å². The molecule has 5 aliphatic carbocycles. The van der Waals surface area contributed by atoms with Gasteiger partial charge in [0.1, 0.15) is 0 Å². The molecule has 2 nitrogen and oxygen atoms in total. The van der Waals surface area contributed by atoms with Crippen LogP contribution >= 0.6 is 0 Å². The molecule has 0 aliphatic heterocycles. The van der Waals surface area contributed by atoms with Crippen LogP contribution < -0.4 is 0 Å². The summed E-state index contributed by atoms with van der Waals surface area (Å²) in [5, 5.41) is 5.24. The Labute approximate surface area is 369 Å². The fraction of sp³-hybridized carbons (Fsp3) is 0.180. The summed E-state index contributed by atoms with van der Waals surface area (Å²) in [6.07, 6.45) is 30.7. The molecule has 2 heteroatoms. The van der Waals surface area contributed by atoms with Crippen molar-refractivity contribution in [1.82, 2.24) is 9.13 Å². The van der Waals surface area contributed by atoms with Crippen LogP contribution in [0.15, 0.2) is 204 Å². The quantitative estimate of drug-likeness (QED) is 0.158. The van der Waals surface area contributed by atoms with Gasteiger partial charge in [-0.05, 0) is 157 Å². The van der Waals surface area contributed by atoms with Crippen LogP contribution in [0, 0.1) is 0 Å². The van der Waals surface area contributed by atoms with Crippen molar-refractivity contribution in [2.75, 3.05) is 0 Å². The van der Waals surface area contributed by atoms with Gasteiger partial charge in [-0.3, -0.25) is 0 Å². The average Bonchev–Trinajstić information content (AvgIpc) is 3.99. The second kappa shape index (κ2) is 14.6. The molecule has 8 aromatic rings. The third-order valence-corrected chi connectivity index (χ3v) is 15.1. The Morgan fingerprint density at radius 2 is 0.968 bits per heavy atom. The minimum atomic E-state index is -0.246. The van der Waals surface area contributed by atoms with Crippen molar-refractivity contribution in [3.63, 3.8) is 0 Å². The van der Waals surface area contributed by atoms with E-state index >= 15 is 0 Å². The predicted octanol–water partition coefficient (Wildman–Crippen LogP) is 16.4. The Hall–Kier alpha value is -6.90. The number of para-hydroxylation sites is 2. The number of rotatable bonds is 6. The molecule has 13 rings (SSSR count). The summed E-state index contributed by atoms with van der Waals surface area (Å²) in [4.78, 5) is 0. The SMILES string of the molecule is C1=CCCC(C2(C3=CC=C(n4c5ccccc5c5cc(-c6ccc7c(c6)c6ccccc6n7C6=CC=C(C7=CCCCC7)CC6)ccc54)CC3)c3ccccc3-c3ccccc32)=C1.